The fourth-order valence-corrected chi connectivity index (χ4v) is 6.16. The van der Waals surface area contributed by atoms with Crippen LogP contribution >= 0.6 is 35.4 Å². The van der Waals surface area contributed by atoms with E-state index in [1.165, 1.54) is 12.1 Å². The standard InChI is InChI=1S/C22H30ClFN2O3S2.C6H5Cl/c1-21(2,3)31(28)12-18(13-5-6-13)26-17(14-7-8-15(23)16(24)9-14)11-29-22(4,20(26)27)10-19(25)30;7-6-4-2-1-3-5-6/h7-9,13,17-18H,5-6,10-12H2,1-4H3,(H2,25,30);1-5H/t17-,18?,22+,31?;/m0./s1. The Morgan fingerprint density at radius 3 is 2.34 bits per heavy atom. The van der Waals surface area contributed by atoms with Crippen LogP contribution in [0.1, 0.15) is 58.6 Å². The topological polar surface area (TPSA) is 72.6 Å². The summed E-state index contributed by atoms with van der Waals surface area (Å²) in [5, 5.41) is 0.812. The molecule has 2 aliphatic rings. The fourth-order valence-electron chi connectivity index (χ4n) is 4.38. The van der Waals surface area contributed by atoms with Crippen molar-refractivity contribution in [1.29, 1.82) is 0 Å². The van der Waals surface area contributed by atoms with E-state index in [9.17, 15) is 13.4 Å². The van der Waals surface area contributed by atoms with Gasteiger partial charge in [-0.05, 0) is 76.3 Å². The molecule has 2 unspecified atom stereocenters. The molecule has 4 atom stereocenters. The predicted octanol–water partition coefficient (Wildman–Crippen LogP) is 6.48. The van der Waals surface area contributed by atoms with Crippen molar-refractivity contribution in [3.63, 3.8) is 0 Å². The first kappa shape index (κ1) is 31.0. The van der Waals surface area contributed by atoms with Crippen molar-refractivity contribution in [2.75, 3.05) is 12.4 Å². The van der Waals surface area contributed by atoms with E-state index in [1.54, 1.807) is 17.9 Å². The first-order chi connectivity index (χ1) is 17.7. The molecule has 0 spiro atoms. The van der Waals surface area contributed by atoms with Crippen LogP contribution in [0.3, 0.4) is 0 Å². The molecule has 2 aromatic carbocycles. The summed E-state index contributed by atoms with van der Waals surface area (Å²) in [7, 11) is -1.16. The van der Waals surface area contributed by atoms with E-state index in [2.05, 4.69) is 0 Å². The van der Waals surface area contributed by atoms with Crippen molar-refractivity contribution in [3.8, 4) is 0 Å². The molecule has 1 saturated heterocycles. The Bertz CT molecular complexity index is 1170. The third-order valence-electron chi connectivity index (χ3n) is 6.68. The molecule has 2 fully saturated rings. The quantitative estimate of drug-likeness (QED) is 0.368. The van der Waals surface area contributed by atoms with E-state index in [0.29, 0.717) is 11.3 Å². The molecule has 10 heteroatoms. The highest BCUT2D eigenvalue weighted by Crippen LogP contribution is 2.44. The highest BCUT2D eigenvalue weighted by atomic mass is 35.5. The number of hydrogen-bond donors (Lipinski definition) is 1. The molecule has 2 aromatic rings. The van der Waals surface area contributed by atoms with Gasteiger partial charge in [0.1, 0.15) is 11.4 Å². The minimum absolute atomic E-state index is 0.0178. The van der Waals surface area contributed by atoms with E-state index in [4.69, 9.17) is 45.9 Å². The second kappa shape index (κ2) is 12.7. The monoisotopic (exact) mass is 600 g/mol. The molecule has 1 amide bonds. The van der Waals surface area contributed by atoms with Crippen LogP contribution in [-0.4, -0.2) is 48.8 Å². The van der Waals surface area contributed by atoms with Crippen molar-refractivity contribution in [2.24, 2.45) is 11.7 Å². The maximum Gasteiger partial charge on any atom is 0.255 e. The Morgan fingerprint density at radius 1 is 1.24 bits per heavy atom. The summed E-state index contributed by atoms with van der Waals surface area (Å²) in [6.07, 6.45) is 2.04. The van der Waals surface area contributed by atoms with E-state index in [1.807, 2.05) is 51.1 Å². The molecule has 4 rings (SSSR count). The fraction of sp³-hybridized carbons (Fsp3) is 0.500. The Morgan fingerprint density at radius 2 is 1.87 bits per heavy atom. The molecule has 1 saturated carbocycles. The lowest BCUT2D eigenvalue weighted by atomic mass is 9.92. The number of nitrogens with two attached hydrogens (primary N) is 1. The first-order valence-corrected chi connectivity index (χ1v) is 15.0. The first-order valence-electron chi connectivity index (χ1n) is 12.5. The number of carbonyl (C=O) groups excluding carboxylic acids is 1. The van der Waals surface area contributed by atoms with Crippen molar-refractivity contribution >= 4 is 57.1 Å². The third-order valence-corrected chi connectivity index (χ3v) is 9.40. The van der Waals surface area contributed by atoms with Gasteiger partial charge in [-0.3, -0.25) is 9.00 Å². The third kappa shape index (κ3) is 7.98. The van der Waals surface area contributed by atoms with Gasteiger partial charge in [0.05, 0.1) is 22.7 Å². The summed E-state index contributed by atoms with van der Waals surface area (Å²) in [5.41, 5.74) is 5.14. The molecule has 2 N–H and O–H groups in total. The molecule has 1 aliphatic heterocycles. The summed E-state index contributed by atoms with van der Waals surface area (Å²) in [5.74, 6) is -0.198. The van der Waals surface area contributed by atoms with Crippen LogP contribution in [0.5, 0.6) is 0 Å². The number of thiocarbonyl (C=S) groups is 1. The van der Waals surface area contributed by atoms with Crippen LogP contribution in [-0.2, 0) is 20.3 Å². The smallest absolute Gasteiger partial charge is 0.255 e. The average Bonchev–Trinajstić information content (AvgIpc) is 3.67. The number of hydrogen-bond acceptors (Lipinski definition) is 4. The van der Waals surface area contributed by atoms with Crippen LogP contribution in [0.15, 0.2) is 48.5 Å². The molecular weight excluding hydrogens is 566 g/mol. The average molecular weight is 602 g/mol. The van der Waals surface area contributed by atoms with Crippen LogP contribution in [0.25, 0.3) is 0 Å². The molecular formula is C28H35Cl2FN2O3S2. The van der Waals surface area contributed by atoms with E-state index < -0.39 is 33.0 Å². The number of benzene rings is 2. The molecule has 0 aromatic heterocycles. The largest absolute Gasteiger partial charge is 0.393 e. The zero-order valence-electron chi connectivity index (χ0n) is 22.1. The zero-order valence-corrected chi connectivity index (χ0v) is 25.2. The van der Waals surface area contributed by atoms with Gasteiger partial charge >= 0.3 is 0 Å². The van der Waals surface area contributed by atoms with Gasteiger partial charge in [0.15, 0.2) is 0 Å². The van der Waals surface area contributed by atoms with Crippen molar-refractivity contribution in [1.82, 2.24) is 4.90 Å². The molecule has 208 valence electrons. The summed E-state index contributed by atoms with van der Waals surface area (Å²) >= 11 is 16.5. The zero-order chi connectivity index (χ0) is 28.3. The number of morpholine rings is 1. The SMILES string of the molecule is CC(C)(C)S(=O)CC(C1CC1)N1C(=O)[C@@](C)(CC(N)=S)OC[C@H]1c1ccc(Cl)c(F)c1.Clc1ccccc1. The van der Waals surface area contributed by atoms with Crippen molar-refractivity contribution < 1.29 is 18.1 Å². The summed E-state index contributed by atoms with van der Waals surface area (Å²) in [6, 6.07) is 13.2. The second-order valence-corrected chi connectivity index (χ2v) is 14.5. The highest BCUT2D eigenvalue weighted by molar-refractivity contribution is 7.86. The van der Waals surface area contributed by atoms with Gasteiger partial charge in [-0.25, -0.2) is 4.39 Å². The van der Waals surface area contributed by atoms with Gasteiger partial charge in [0.2, 0.25) is 0 Å². The minimum atomic E-state index is -1.20. The minimum Gasteiger partial charge on any atom is -0.393 e. The molecule has 38 heavy (non-hydrogen) atoms. The van der Waals surface area contributed by atoms with Crippen LogP contribution < -0.4 is 5.73 Å². The van der Waals surface area contributed by atoms with Crippen LogP contribution in [0, 0.1) is 11.7 Å². The lowest BCUT2D eigenvalue weighted by molar-refractivity contribution is -0.181. The van der Waals surface area contributed by atoms with Gasteiger partial charge in [-0.15, -0.1) is 0 Å². The second-order valence-electron chi connectivity index (χ2n) is 10.9. The van der Waals surface area contributed by atoms with Crippen LogP contribution in [0.2, 0.25) is 10.0 Å². The Balaban J connectivity index is 0.000000494. The number of amides is 1. The summed E-state index contributed by atoms with van der Waals surface area (Å²) in [4.78, 5) is 15.7. The van der Waals surface area contributed by atoms with Gasteiger partial charge in [-0.1, -0.05) is 59.7 Å². The lowest BCUT2D eigenvalue weighted by Crippen LogP contribution is -2.61. The number of carbonyl (C=O) groups is 1. The van der Waals surface area contributed by atoms with Gasteiger partial charge in [0, 0.05) is 38.8 Å². The Hall–Kier alpha value is -1.58. The van der Waals surface area contributed by atoms with Gasteiger partial charge in [0.25, 0.3) is 5.91 Å². The number of ether oxygens (including phenoxy) is 1. The molecule has 5 nitrogen and oxygen atoms in total. The summed E-state index contributed by atoms with van der Waals surface area (Å²) in [6.45, 7) is 7.63. The normalized spacial score (nSPS) is 23.3. The van der Waals surface area contributed by atoms with E-state index in [0.717, 1.165) is 17.9 Å². The van der Waals surface area contributed by atoms with Gasteiger partial charge in [-0.2, -0.15) is 0 Å². The molecule has 1 aliphatic carbocycles. The van der Waals surface area contributed by atoms with Crippen molar-refractivity contribution in [3.05, 3.63) is 70.0 Å². The van der Waals surface area contributed by atoms with E-state index in [-0.39, 0.29) is 40.9 Å². The van der Waals surface area contributed by atoms with Crippen molar-refractivity contribution in [2.45, 2.75) is 69.4 Å². The Labute approximate surface area is 242 Å². The summed E-state index contributed by atoms with van der Waals surface area (Å²) < 4.78 is 32.9. The van der Waals surface area contributed by atoms with Gasteiger partial charge < -0.3 is 15.4 Å². The maximum atomic E-state index is 14.3. The molecule has 1 heterocycles. The molecule has 0 radical (unpaired) electrons. The van der Waals surface area contributed by atoms with E-state index >= 15 is 0 Å². The number of halogens is 3. The highest BCUT2D eigenvalue weighted by Gasteiger charge is 2.51. The number of rotatable bonds is 7. The van der Waals surface area contributed by atoms with Crippen LogP contribution in [0.4, 0.5) is 4.39 Å². The molecule has 0 bridgehead atoms. The lowest BCUT2D eigenvalue weighted by Gasteiger charge is -2.48. The maximum absolute atomic E-state index is 14.3. The predicted molar refractivity (Wildman–Crippen MR) is 157 cm³/mol. The number of nitrogens with zero attached hydrogens (tertiary/aromatic N) is 1. The Kier molecular flexibility index (Phi) is 10.4.